The molecular formula is C20H32IN5OS. The largest absolute Gasteiger partial charge is 0.492 e. The summed E-state index contributed by atoms with van der Waals surface area (Å²) in [4.78, 5) is 13.6. The number of nitrogens with one attached hydrogen (secondary N) is 1. The number of likely N-dealkylation sites (N-methyl/N-ethyl adjacent to an activating group) is 1. The number of thiazole rings is 1. The minimum absolute atomic E-state index is 0. The van der Waals surface area contributed by atoms with Crippen LogP contribution in [0.5, 0.6) is 5.75 Å². The molecule has 1 N–H and O–H groups in total. The third-order valence-corrected chi connectivity index (χ3v) is 4.75. The molecule has 0 radical (unpaired) electrons. The van der Waals surface area contributed by atoms with Crippen LogP contribution in [0.25, 0.3) is 0 Å². The summed E-state index contributed by atoms with van der Waals surface area (Å²) < 4.78 is 5.95. The van der Waals surface area contributed by atoms with E-state index >= 15 is 0 Å². The first-order valence-corrected chi connectivity index (χ1v) is 10.1. The molecular weight excluding hydrogens is 485 g/mol. The van der Waals surface area contributed by atoms with Gasteiger partial charge in [-0.05, 0) is 34.0 Å². The van der Waals surface area contributed by atoms with Gasteiger partial charge in [-0.1, -0.05) is 18.2 Å². The van der Waals surface area contributed by atoms with E-state index in [0.717, 1.165) is 47.6 Å². The van der Waals surface area contributed by atoms with Crippen molar-refractivity contribution in [3.8, 4) is 5.75 Å². The number of hydrogen-bond donors (Lipinski definition) is 1. The summed E-state index contributed by atoms with van der Waals surface area (Å²) in [5.74, 6) is 1.77. The van der Waals surface area contributed by atoms with Gasteiger partial charge < -0.3 is 19.9 Å². The zero-order chi connectivity index (χ0) is 19.6. The van der Waals surface area contributed by atoms with E-state index in [4.69, 9.17) is 9.73 Å². The molecule has 0 bridgehead atoms. The maximum atomic E-state index is 5.95. The van der Waals surface area contributed by atoms with Crippen molar-refractivity contribution in [2.24, 2.45) is 4.99 Å². The molecule has 156 valence electrons. The first-order valence-electron chi connectivity index (χ1n) is 9.25. The van der Waals surface area contributed by atoms with Gasteiger partial charge in [-0.25, -0.2) is 9.98 Å². The van der Waals surface area contributed by atoms with Gasteiger partial charge in [0, 0.05) is 31.1 Å². The number of rotatable bonds is 9. The molecule has 0 aliphatic carbocycles. The smallest absolute Gasteiger partial charge is 0.194 e. The van der Waals surface area contributed by atoms with E-state index in [1.165, 1.54) is 0 Å². The Morgan fingerprint density at radius 2 is 2.00 bits per heavy atom. The van der Waals surface area contributed by atoms with Gasteiger partial charge >= 0.3 is 0 Å². The third-order valence-electron chi connectivity index (χ3n) is 3.93. The number of aliphatic imine (C=N–C) groups is 1. The van der Waals surface area contributed by atoms with Crippen molar-refractivity contribution in [1.82, 2.24) is 20.1 Å². The molecule has 0 aliphatic heterocycles. The Labute approximate surface area is 190 Å². The van der Waals surface area contributed by atoms with Gasteiger partial charge in [0.05, 0.1) is 23.8 Å². The summed E-state index contributed by atoms with van der Waals surface area (Å²) in [5.41, 5.74) is 2.16. The molecule has 0 aliphatic rings. The van der Waals surface area contributed by atoms with E-state index in [-0.39, 0.29) is 24.0 Å². The molecule has 1 heterocycles. The quantitative estimate of drug-likeness (QED) is 0.313. The fraction of sp³-hybridized carbons (Fsp3) is 0.500. The third kappa shape index (κ3) is 8.32. The Morgan fingerprint density at radius 1 is 1.25 bits per heavy atom. The van der Waals surface area contributed by atoms with Crippen molar-refractivity contribution < 1.29 is 4.74 Å². The predicted molar refractivity (Wildman–Crippen MR) is 129 cm³/mol. The van der Waals surface area contributed by atoms with Crippen LogP contribution < -0.4 is 10.1 Å². The Kier molecular flexibility index (Phi) is 11.4. The molecule has 8 heteroatoms. The predicted octanol–water partition coefficient (Wildman–Crippen LogP) is 3.61. The SMILES string of the molecule is CCNC(=NCc1ccccc1OCCN(C)C)N(C)Cc1csc(C)n1.I. The molecule has 2 rings (SSSR count). The molecule has 0 fully saturated rings. The summed E-state index contributed by atoms with van der Waals surface area (Å²) in [6, 6.07) is 8.11. The molecule has 0 atom stereocenters. The van der Waals surface area contributed by atoms with Gasteiger partial charge in [-0.3, -0.25) is 0 Å². The molecule has 0 spiro atoms. The second-order valence-electron chi connectivity index (χ2n) is 6.64. The van der Waals surface area contributed by atoms with Gasteiger partial charge in [0.1, 0.15) is 12.4 Å². The van der Waals surface area contributed by atoms with Gasteiger partial charge in [0.25, 0.3) is 0 Å². The summed E-state index contributed by atoms with van der Waals surface area (Å²) >= 11 is 1.68. The highest BCUT2D eigenvalue weighted by atomic mass is 127. The average Bonchev–Trinajstić information content (AvgIpc) is 3.04. The first kappa shape index (κ1) is 24.6. The van der Waals surface area contributed by atoms with Crippen molar-refractivity contribution in [2.75, 3.05) is 40.8 Å². The van der Waals surface area contributed by atoms with E-state index in [9.17, 15) is 0 Å². The van der Waals surface area contributed by atoms with Gasteiger partial charge in [0.2, 0.25) is 0 Å². The van der Waals surface area contributed by atoms with Gasteiger partial charge in [-0.15, -0.1) is 35.3 Å². The number of guanidine groups is 1. The van der Waals surface area contributed by atoms with E-state index < -0.39 is 0 Å². The minimum Gasteiger partial charge on any atom is -0.492 e. The number of aryl methyl sites for hydroxylation is 1. The average molecular weight is 517 g/mol. The second kappa shape index (κ2) is 12.9. The Bertz CT molecular complexity index is 735. The number of nitrogens with zero attached hydrogens (tertiary/aromatic N) is 4. The highest BCUT2D eigenvalue weighted by Crippen LogP contribution is 2.19. The van der Waals surface area contributed by atoms with Crippen molar-refractivity contribution in [1.29, 1.82) is 0 Å². The first-order chi connectivity index (χ1) is 13.0. The maximum Gasteiger partial charge on any atom is 0.194 e. The Hall–Kier alpha value is -1.39. The van der Waals surface area contributed by atoms with Crippen LogP contribution in [0.15, 0.2) is 34.6 Å². The van der Waals surface area contributed by atoms with E-state index in [1.807, 2.05) is 46.3 Å². The lowest BCUT2D eigenvalue weighted by Gasteiger charge is -2.21. The monoisotopic (exact) mass is 517 g/mol. The molecule has 28 heavy (non-hydrogen) atoms. The zero-order valence-corrected chi connectivity index (χ0v) is 20.6. The van der Waals surface area contributed by atoms with E-state index in [1.54, 1.807) is 11.3 Å². The molecule has 0 saturated carbocycles. The zero-order valence-electron chi connectivity index (χ0n) is 17.4. The van der Waals surface area contributed by atoms with Gasteiger partial charge in [0.15, 0.2) is 5.96 Å². The van der Waals surface area contributed by atoms with E-state index in [0.29, 0.717) is 13.2 Å². The maximum absolute atomic E-state index is 5.95. The fourth-order valence-electron chi connectivity index (χ4n) is 2.54. The van der Waals surface area contributed by atoms with Crippen LogP contribution >= 0.6 is 35.3 Å². The second-order valence-corrected chi connectivity index (χ2v) is 7.71. The molecule has 0 unspecified atom stereocenters. The molecule has 2 aromatic rings. The number of para-hydroxylation sites is 1. The number of hydrogen-bond acceptors (Lipinski definition) is 5. The van der Waals surface area contributed by atoms with E-state index in [2.05, 4.69) is 38.5 Å². The summed E-state index contributed by atoms with van der Waals surface area (Å²) in [6.45, 7) is 7.78. The van der Waals surface area contributed by atoms with Crippen LogP contribution in [0.4, 0.5) is 0 Å². The number of aromatic nitrogens is 1. The lowest BCUT2D eigenvalue weighted by atomic mass is 10.2. The topological polar surface area (TPSA) is 53.0 Å². The molecule has 0 saturated heterocycles. The molecule has 6 nitrogen and oxygen atoms in total. The minimum atomic E-state index is 0. The highest BCUT2D eigenvalue weighted by Gasteiger charge is 2.10. The van der Waals surface area contributed by atoms with Crippen LogP contribution in [0.3, 0.4) is 0 Å². The standard InChI is InChI=1S/C20H31N5OS.HI/c1-6-21-20(25(5)14-18-15-27-16(2)23-18)22-13-17-9-7-8-10-19(17)26-12-11-24(3)4;/h7-10,15H,6,11-14H2,1-5H3,(H,21,22);1H. The normalized spacial score (nSPS) is 11.3. The Balaban J connectivity index is 0.00000392. The van der Waals surface area contributed by atoms with Crippen LogP contribution in [0.2, 0.25) is 0 Å². The van der Waals surface area contributed by atoms with Crippen molar-refractivity contribution >= 4 is 41.3 Å². The highest BCUT2D eigenvalue weighted by molar-refractivity contribution is 14.0. The van der Waals surface area contributed by atoms with Crippen LogP contribution in [-0.2, 0) is 13.1 Å². The lowest BCUT2D eigenvalue weighted by Crippen LogP contribution is -2.38. The fourth-order valence-corrected chi connectivity index (χ4v) is 3.15. The van der Waals surface area contributed by atoms with Crippen LogP contribution in [-0.4, -0.2) is 61.6 Å². The molecule has 1 aromatic carbocycles. The van der Waals surface area contributed by atoms with Gasteiger partial charge in [-0.2, -0.15) is 0 Å². The molecule has 0 amide bonds. The number of benzene rings is 1. The van der Waals surface area contributed by atoms with Crippen molar-refractivity contribution in [3.05, 3.63) is 45.9 Å². The molecule has 1 aromatic heterocycles. The summed E-state index contributed by atoms with van der Waals surface area (Å²) in [7, 11) is 6.12. The lowest BCUT2D eigenvalue weighted by molar-refractivity contribution is 0.259. The Morgan fingerprint density at radius 3 is 2.64 bits per heavy atom. The van der Waals surface area contributed by atoms with Crippen molar-refractivity contribution in [2.45, 2.75) is 26.9 Å². The van der Waals surface area contributed by atoms with Crippen molar-refractivity contribution in [3.63, 3.8) is 0 Å². The number of halogens is 1. The van der Waals surface area contributed by atoms with Crippen LogP contribution in [0, 0.1) is 6.92 Å². The van der Waals surface area contributed by atoms with Crippen LogP contribution in [0.1, 0.15) is 23.2 Å². The summed E-state index contributed by atoms with van der Waals surface area (Å²) in [5, 5.41) is 6.55. The summed E-state index contributed by atoms with van der Waals surface area (Å²) in [6.07, 6.45) is 0. The number of ether oxygens (including phenoxy) is 1.